The van der Waals surface area contributed by atoms with Gasteiger partial charge in [0.25, 0.3) is 5.91 Å². The molecule has 1 aliphatic heterocycles. The third kappa shape index (κ3) is 2.95. The lowest BCUT2D eigenvalue weighted by Gasteiger charge is -2.35. The minimum atomic E-state index is -1.29. The molecule has 2 rings (SSSR count). The zero-order valence-electron chi connectivity index (χ0n) is 11.6. The van der Waals surface area contributed by atoms with Gasteiger partial charge in [0, 0.05) is 38.0 Å². The maximum atomic E-state index is 14.0. The van der Waals surface area contributed by atoms with E-state index in [1.807, 2.05) is 32.0 Å². The number of likely N-dealkylation sites (tertiary alicyclic amines) is 1. The van der Waals surface area contributed by atoms with E-state index in [0.29, 0.717) is 31.5 Å². The lowest BCUT2D eigenvalue weighted by Crippen LogP contribution is -2.47. The molecule has 1 aliphatic rings. The number of carbonyl (C=O) groups excluding carboxylic acids is 1. The Bertz CT molecular complexity index is 479. The van der Waals surface area contributed by atoms with Crippen molar-refractivity contribution in [2.45, 2.75) is 32.4 Å². The number of nitrogens with two attached hydrogens (primary N) is 1. The summed E-state index contributed by atoms with van der Waals surface area (Å²) in [6, 6.07) is 5.69. The second kappa shape index (κ2) is 5.29. The normalized spacial score (nSPS) is 18.4. The van der Waals surface area contributed by atoms with Crippen LogP contribution >= 0.6 is 0 Å². The second-order valence-corrected chi connectivity index (χ2v) is 5.45. The van der Waals surface area contributed by atoms with Gasteiger partial charge in [-0.3, -0.25) is 4.79 Å². The van der Waals surface area contributed by atoms with E-state index in [0.717, 1.165) is 5.56 Å². The molecular formula is C15H21FN2O. The van der Waals surface area contributed by atoms with Gasteiger partial charge in [0.15, 0.2) is 0 Å². The number of hydrogen-bond acceptors (Lipinski definition) is 2. The van der Waals surface area contributed by atoms with Crippen LogP contribution in [0.3, 0.4) is 0 Å². The molecule has 0 unspecified atom stereocenters. The molecule has 1 aromatic rings. The molecule has 1 amide bonds. The number of amides is 1. The fourth-order valence-corrected chi connectivity index (χ4v) is 2.37. The molecule has 3 nitrogen and oxygen atoms in total. The van der Waals surface area contributed by atoms with E-state index in [1.165, 1.54) is 5.56 Å². The van der Waals surface area contributed by atoms with E-state index in [-0.39, 0.29) is 12.5 Å². The number of alkyl halides is 1. The van der Waals surface area contributed by atoms with Crippen LogP contribution in [0.4, 0.5) is 4.39 Å². The number of rotatable bonds is 2. The molecule has 0 saturated carbocycles. The first-order valence-corrected chi connectivity index (χ1v) is 6.71. The van der Waals surface area contributed by atoms with Crippen molar-refractivity contribution < 1.29 is 9.18 Å². The van der Waals surface area contributed by atoms with Crippen LogP contribution < -0.4 is 5.73 Å². The maximum absolute atomic E-state index is 14.0. The fourth-order valence-electron chi connectivity index (χ4n) is 2.37. The van der Waals surface area contributed by atoms with E-state index < -0.39 is 5.67 Å². The lowest BCUT2D eigenvalue weighted by molar-refractivity contribution is 0.0469. The number of aryl methyl sites for hydroxylation is 2. The van der Waals surface area contributed by atoms with Gasteiger partial charge in [-0.2, -0.15) is 0 Å². The Labute approximate surface area is 113 Å². The smallest absolute Gasteiger partial charge is 0.253 e. The molecule has 0 aromatic heterocycles. The SMILES string of the molecule is Cc1ccc(C(=O)N2CCC(F)(CN)CC2)cc1C. The van der Waals surface area contributed by atoms with Crippen LogP contribution in [-0.4, -0.2) is 36.1 Å². The van der Waals surface area contributed by atoms with Crippen LogP contribution in [0.1, 0.15) is 34.3 Å². The summed E-state index contributed by atoms with van der Waals surface area (Å²) >= 11 is 0. The monoisotopic (exact) mass is 264 g/mol. The molecule has 0 spiro atoms. The van der Waals surface area contributed by atoms with Crippen molar-refractivity contribution in [3.05, 3.63) is 34.9 Å². The molecule has 4 heteroatoms. The Morgan fingerprint density at radius 3 is 2.47 bits per heavy atom. The second-order valence-electron chi connectivity index (χ2n) is 5.45. The van der Waals surface area contributed by atoms with Crippen LogP contribution in [0, 0.1) is 13.8 Å². The number of benzene rings is 1. The molecule has 1 saturated heterocycles. The first kappa shape index (κ1) is 14.0. The number of halogens is 1. The van der Waals surface area contributed by atoms with Crippen LogP contribution in [0.2, 0.25) is 0 Å². The first-order chi connectivity index (χ1) is 8.95. The van der Waals surface area contributed by atoms with Crippen LogP contribution in [-0.2, 0) is 0 Å². The Morgan fingerprint density at radius 1 is 1.32 bits per heavy atom. The summed E-state index contributed by atoms with van der Waals surface area (Å²) in [7, 11) is 0. The highest BCUT2D eigenvalue weighted by atomic mass is 19.1. The van der Waals surface area contributed by atoms with Crippen molar-refractivity contribution in [3.8, 4) is 0 Å². The minimum Gasteiger partial charge on any atom is -0.338 e. The van der Waals surface area contributed by atoms with E-state index in [4.69, 9.17) is 5.73 Å². The largest absolute Gasteiger partial charge is 0.338 e. The van der Waals surface area contributed by atoms with Crippen molar-refractivity contribution in [1.82, 2.24) is 4.90 Å². The average Bonchev–Trinajstić information content (AvgIpc) is 2.42. The van der Waals surface area contributed by atoms with Gasteiger partial charge in [0.2, 0.25) is 0 Å². The molecule has 2 N–H and O–H groups in total. The summed E-state index contributed by atoms with van der Waals surface area (Å²) in [5.74, 6) is -0.0119. The molecule has 104 valence electrons. The highest BCUT2D eigenvalue weighted by Gasteiger charge is 2.34. The third-order valence-corrected chi connectivity index (χ3v) is 4.07. The first-order valence-electron chi connectivity index (χ1n) is 6.71. The zero-order valence-corrected chi connectivity index (χ0v) is 11.6. The summed E-state index contributed by atoms with van der Waals surface area (Å²) in [6.07, 6.45) is 0.667. The number of hydrogen-bond donors (Lipinski definition) is 1. The van der Waals surface area contributed by atoms with Gasteiger partial charge in [-0.25, -0.2) is 4.39 Å². The summed E-state index contributed by atoms with van der Waals surface area (Å²) in [5, 5.41) is 0. The van der Waals surface area contributed by atoms with Crippen molar-refractivity contribution >= 4 is 5.91 Å². The molecule has 0 atom stereocenters. The van der Waals surface area contributed by atoms with E-state index in [9.17, 15) is 9.18 Å². The Kier molecular flexibility index (Phi) is 3.90. The van der Waals surface area contributed by atoms with Gasteiger partial charge in [0.1, 0.15) is 5.67 Å². The van der Waals surface area contributed by atoms with Gasteiger partial charge in [-0.05, 0) is 37.1 Å². The predicted octanol–water partition coefficient (Wildman–Crippen LogP) is 2.21. The third-order valence-electron chi connectivity index (χ3n) is 4.07. The van der Waals surface area contributed by atoms with Crippen molar-refractivity contribution in [3.63, 3.8) is 0 Å². The quantitative estimate of drug-likeness (QED) is 0.890. The van der Waals surface area contributed by atoms with Gasteiger partial charge >= 0.3 is 0 Å². The average molecular weight is 264 g/mol. The Balaban J connectivity index is 2.07. The number of nitrogens with zero attached hydrogens (tertiary/aromatic N) is 1. The van der Waals surface area contributed by atoms with Gasteiger partial charge in [0.05, 0.1) is 0 Å². The van der Waals surface area contributed by atoms with E-state index in [1.54, 1.807) is 4.90 Å². The maximum Gasteiger partial charge on any atom is 0.253 e. The van der Waals surface area contributed by atoms with Crippen LogP contribution in [0.25, 0.3) is 0 Å². The molecule has 1 fully saturated rings. The standard InChI is InChI=1S/C15H21FN2O/c1-11-3-4-13(9-12(11)2)14(19)18-7-5-15(16,10-17)6-8-18/h3-4,9H,5-8,10,17H2,1-2H3. The molecule has 0 aliphatic carbocycles. The molecule has 1 heterocycles. The van der Waals surface area contributed by atoms with E-state index in [2.05, 4.69) is 0 Å². The topological polar surface area (TPSA) is 46.3 Å². The summed E-state index contributed by atoms with van der Waals surface area (Å²) < 4.78 is 14.0. The van der Waals surface area contributed by atoms with Crippen LogP contribution in [0.5, 0.6) is 0 Å². The van der Waals surface area contributed by atoms with Crippen molar-refractivity contribution in [2.75, 3.05) is 19.6 Å². The summed E-state index contributed by atoms with van der Waals surface area (Å²) in [6.45, 7) is 4.93. The molecule has 19 heavy (non-hydrogen) atoms. The number of piperidine rings is 1. The molecule has 1 aromatic carbocycles. The Morgan fingerprint density at radius 2 is 1.95 bits per heavy atom. The van der Waals surface area contributed by atoms with Gasteiger partial charge < -0.3 is 10.6 Å². The number of carbonyl (C=O) groups is 1. The predicted molar refractivity (Wildman–Crippen MR) is 73.9 cm³/mol. The molecular weight excluding hydrogens is 243 g/mol. The molecule has 0 radical (unpaired) electrons. The zero-order chi connectivity index (χ0) is 14.0. The Hall–Kier alpha value is -1.42. The van der Waals surface area contributed by atoms with Crippen LogP contribution in [0.15, 0.2) is 18.2 Å². The lowest BCUT2D eigenvalue weighted by atomic mass is 9.93. The van der Waals surface area contributed by atoms with Crippen molar-refractivity contribution in [1.29, 1.82) is 0 Å². The summed E-state index contributed by atoms with van der Waals surface area (Å²) in [4.78, 5) is 14.1. The van der Waals surface area contributed by atoms with E-state index >= 15 is 0 Å². The minimum absolute atomic E-state index is 0.0119. The summed E-state index contributed by atoms with van der Waals surface area (Å²) in [5.41, 5.74) is 7.09. The highest BCUT2D eigenvalue weighted by molar-refractivity contribution is 5.94. The van der Waals surface area contributed by atoms with Gasteiger partial charge in [-0.15, -0.1) is 0 Å². The van der Waals surface area contributed by atoms with Gasteiger partial charge in [-0.1, -0.05) is 6.07 Å². The van der Waals surface area contributed by atoms with Crippen molar-refractivity contribution in [2.24, 2.45) is 5.73 Å². The highest BCUT2D eigenvalue weighted by Crippen LogP contribution is 2.26. The fraction of sp³-hybridized carbons (Fsp3) is 0.533. The molecule has 0 bridgehead atoms.